The highest BCUT2D eigenvalue weighted by atomic mass is 15.2. The van der Waals surface area contributed by atoms with E-state index in [0.717, 1.165) is 41.0 Å². The van der Waals surface area contributed by atoms with Crippen LogP contribution >= 0.6 is 0 Å². The lowest BCUT2D eigenvalue weighted by Gasteiger charge is -2.17. The van der Waals surface area contributed by atoms with Gasteiger partial charge in [0.2, 0.25) is 5.95 Å². The second kappa shape index (κ2) is 7.54. The van der Waals surface area contributed by atoms with E-state index in [0.29, 0.717) is 12.5 Å². The van der Waals surface area contributed by atoms with E-state index in [-0.39, 0.29) is 0 Å². The summed E-state index contributed by atoms with van der Waals surface area (Å²) in [6, 6.07) is 14.5. The van der Waals surface area contributed by atoms with Crippen molar-refractivity contribution in [3.05, 3.63) is 71.4 Å². The van der Waals surface area contributed by atoms with Crippen molar-refractivity contribution in [1.29, 1.82) is 0 Å². The first-order chi connectivity index (χ1) is 14.3. The van der Waals surface area contributed by atoms with Gasteiger partial charge >= 0.3 is 0 Å². The third kappa shape index (κ3) is 3.53. The first kappa shape index (κ1) is 17.7. The minimum Gasteiger partial charge on any atom is -0.346 e. The summed E-state index contributed by atoms with van der Waals surface area (Å²) in [5.41, 5.74) is 5.46. The molecule has 0 atom stereocenters. The maximum Gasteiger partial charge on any atom is 0.243 e. The van der Waals surface area contributed by atoms with Crippen LogP contribution in [0.3, 0.4) is 0 Å². The number of fused-ring (bicyclic) bond motifs is 2. The quantitative estimate of drug-likeness (QED) is 0.568. The molecule has 0 unspecified atom stereocenters. The fourth-order valence-corrected chi connectivity index (χ4v) is 4.04. The normalized spacial score (nSPS) is 13.3. The Kier molecular flexibility index (Phi) is 4.60. The Hall–Kier alpha value is -3.41. The van der Waals surface area contributed by atoms with Crippen molar-refractivity contribution in [2.45, 2.75) is 39.2 Å². The van der Waals surface area contributed by atoms with Crippen molar-refractivity contribution in [1.82, 2.24) is 25.1 Å². The maximum absolute atomic E-state index is 4.76. The van der Waals surface area contributed by atoms with Gasteiger partial charge in [-0.3, -0.25) is 0 Å². The van der Waals surface area contributed by atoms with Crippen molar-refractivity contribution in [2.75, 3.05) is 5.32 Å². The Bertz CT molecular complexity index is 1180. The third-order valence-corrected chi connectivity index (χ3v) is 5.47. The van der Waals surface area contributed by atoms with E-state index in [9.17, 15) is 0 Å². The van der Waals surface area contributed by atoms with E-state index in [2.05, 4.69) is 56.7 Å². The number of aromatic nitrogens is 5. The van der Waals surface area contributed by atoms with Crippen LogP contribution in [0.15, 0.2) is 48.7 Å². The molecule has 0 amide bonds. The number of benzene rings is 2. The van der Waals surface area contributed by atoms with E-state index >= 15 is 0 Å². The summed E-state index contributed by atoms with van der Waals surface area (Å²) in [7, 11) is 0. The standard InChI is InChI=1S/C23H22N6/c1-15-17-9-4-5-12-20(17)27-22(26-15)14-24-23-28-21(13-25-29-23)19-11-6-8-16-7-2-3-10-18(16)19/h2-3,6-8,10-11,13H,4-5,9,12,14H2,1H3,(H,24,28,29). The van der Waals surface area contributed by atoms with Gasteiger partial charge in [-0.15, -0.1) is 5.10 Å². The van der Waals surface area contributed by atoms with E-state index < -0.39 is 0 Å². The van der Waals surface area contributed by atoms with Gasteiger partial charge < -0.3 is 5.32 Å². The highest BCUT2D eigenvalue weighted by Gasteiger charge is 2.15. The SMILES string of the molecule is Cc1nc(CNc2nncc(-c3cccc4ccccc34)n2)nc2c1CCCC2. The molecule has 2 aromatic heterocycles. The highest BCUT2D eigenvalue weighted by molar-refractivity contribution is 5.95. The molecule has 0 bridgehead atoms. The van der Waals surface area contributed by atoms with Crippen LogP contribution in [0.5, 0.6) is 0 Å². The molecule has 5 rings (SSSR count). The topological polar surface area (TPSA) is 76.5 Å². The molecular weight excluding hydrogens is 360 g/mol. The Labute approximate surface area is 169 Å². The summed E-state index contributed by atoms with van der Waals surface area (Å²) in [4.78, 5) is 14.1. The molecule has 0 spiro atoms. The Balaban J connectivity index is 1.40. The molecule has 144 valence electrons. The molecule has 2 heterocycles. The molecule has 1 aliphatic rings. The molecule has 1 aliphatic carbocycles. The summed E-state index contributed by atoms with van der Waals surface area (Å²) in [6.45, 7) is 2.56. The predicted octanol–water partition coefficient (Wildman–Crippen LogP) is 4.28. The van der Waals surface area contributed by atoms with Crippen LogP contribution in [0.1, 0.15) is 35.6 Å². The zero-order valence-electron chi connectivity index (χ0n) is 16.4. The van der Waals surface area contributed by atoms with Crippen molar-refractivity contribution in [3.8, 4) is 11.3 Å². The molecule has 0 fully saturated rings. The van der Waals surface area contributed by atoms with Crippen LogP contribution in [0.4, 0.5) is 5.95 Å². The molecule has 2 aromatic carbocycles. The Morgan fingerprint density at radius 3 is 2.76 bits per heavy atom. The monoisotopic (exact) mass is 382 g/mol. The Morgan fingerprint density at radius 2 is 1.79 bits per heavy atom. The molecule has 4 aromatic rings. The average Bonchev–Trinajstić information content (AvgIpc) is 2.77. The highest BCUT2D eigenvalue weighted by Crippen LogP contribution is 2.27. The van der Waals surface area contributed by atoms with Gasteiger partial charge in [-0.05, 0) is 48.9 Å². The molecule has 0 radical (unpaired) electrons. The maximum atomic E-state index is 4.76. The number of aryl methyl sites for hydroxylation is 2. The minimum atomic E-state index is 0.481. The number of nitrogens with zero attached hydrogens (tertiary/aromatic N) is 5. The first-order valence-electron chi connectivity index (χ1n) is 10.0. The second-order valence-electron chi connectivity index (χ2n) is 7.40. The predicted molar refractivity (Wildman–Crippen MR) is 114 cm³/mol. The lowest BCUT2D eigenvalue weighted by Crippen LogP contribution is -2.15. The van der Waals surface area contributed by atoms with E-state index in [1.54, 1.807) is 6.20 Å². The number of rotatable bonds is 4. The van der Waals surface area contributed by atoms with Crippen LogP contribution in [0.2, 0.25) is 0 Å². The average molecular weight is 382 g/mol. The van der Waals surface area contributed by atoms with Gasteiger partial charge in [0.25, 0.3) is 0 Å². The van der Waals surface area contributed by atoms with Gasteiger partial charge in [0.05, 0.1) is 18.4 Å². The van der Waals surface area contributed by atoms with Crippen molar-refractivity contribution in [2.24, 2.45) is 0 Å². The zero-order valence-corrected chi connectivity index (χ0v) is 16.4. The zero-order chi connectivity index (χ0) is 19.6. The van der Waals surface area contributed by atoms with Crippen LogP contribution in [0.25, 0.3) is 22.0 Å². The van der Waals surface area contributed by atoms with Crippen LogP contribution in [-0.4, -0.2) is 25.1 Å². The second-order valence-corrected chi connectivity index (χ2v) is 7.40. The van der Waals surface area contributed by atoms with E-state index in [1.807, 2.05) is 18.2 Å². The van der Waals surface area contributed by atoms with E-state index in [1.165, 1.54) is 29.5 Å². The van der Waals surface area contributed by atoms with E-state index in [4.69, 9.17) is 4.98 Å². The lowest BCUT2D eigenvalue weighted by atomic mass is 9.95. The minimum absolute atomic E-state index is 0.481. The van der Waals surface area contributed by atoms with Gasteiger partial charge in [0, 0.05) is 17.0 Å². The molecule has 6 heteroatoms. The molecule has 6 nitrogen and oxygen atoms in total. The number of nitrogens with one attached hydrogen (secondary N) is 1. The van der Waals surface area contributed by atoms with Crippen LogP contribution in [0, 0.1) is 6.92 Å². The molecule has 0 saturated carbocycles. The summed E-state index contributed by atoms with van der Waals surface area (Å²) in [6.07, 6.45) is 6.27. The van der Waals surface area contributed by atoms with Crippen LogP contribution < -0.4 is 5.32 Å². The summed E-state index contributed by atoms with van der Waals surface area (Å²) in [5.74, 6) is 1.26. The number of anilines is 1. The molecule has 29 heavy (non-hydrogen) atoms. The Morgan fingerprint density at radius 1 is 0.931 bits per heavy atom. The summed E-state index contributed by atoms with van der Waals surface area (Å²) < 4.78 is 0. The van der Waals surface area contributed by atoms with Gasteiger partial charge in [0.15, 0.2) is 0 Å². The summed E-state index contributed by atoms with van der Waals surface area (Å²) in [5, 5.41) is 13.9. The lowest BCUT2D eigenvalue weighted by molar-refractivity contribution is 0.648. The van der Waals surface area contributed by atoms with Crippen LogP contribution in [-0.2, 0) is 19.4 Å². The molecule has 1 N–H and O–H groups in total. The summed E-state index contributed by atoms with van der Waals surface area (Å²) >= 11 is 0. The van der Waals surface area contributed by atoms with Gasteiger partial charge in [-0.2, -0.15) is 5.10 Å². The van der Waals surface area contributed by atoms with Gasteiger partial charge in [-0.25, -0.2) is 15.0 Å². The fraction of sp³-hybridized carbons (Fsp3) is 0.261. The molecule has 0 aliphatic heterocycles. The first-order valence-corrected chi connectivity index (χ1v) is 10.0. The third-order valence-electron chi connectivity index (χ3n) is 5.47. The van der Waals surface area contributed by atoms with Crippen molar-refractivity contribution < 1.29 is 0 Å². The van der Waals surface area contributed by atoms with Gasteiger partial charge in [0.1, 0.15) is 5.82 Å². The van der Waals surface area contributed by atoms with Gasteiger partial charge in [-0.1, -0.05) is 42.5 Å². The fourth-order valence-electron chi connectivity index (χ4n) is 4.04. The number of hydrogen-bond donors (Lipinski definition) is 1. The smallest absolute Gasteiger partial charge is 0.243 e. The molecular formula is C23H22N6. The molecule has 0 saturated heterocycles. The largest absolute Gasteiger partial charge is 0.346 e. The van der Waals surface area contributed by atoms with Crippen molar-refractivity contribution >= 4 is 16.7 Å². The van der Waals surface area contributed by atoms with Crippen molar-refractivity contribution in [3.63, 3.8) is 0 Å². The number of hydrogen-bond acceptors (Lipinski definition) is 6.